The van der Waals surface area contributed by atoms with E-state index >= 15 is 0 Å². The van der Waals surface area contributed by atoms with Crippen LogP contribution in [0.2, 0.25) is 0 Å². The van der Waals surface area contributed by atoms with Crippen LogP contribution >= 0.6 is 0 Å². The minimum atomic E-state index is 0.0442. The molecule has 2 aliphatic rings. The Balaban J connectivity index is 1.86. The van der Waals surface area contributed by atoms with Gasteiger partial charge in [-0.1, -0.05) is 31.9 Å². The van der Waals surface area contributed by atoms with Crippen LogP contribution in [0.25, 0.3) is 0 Å². The molecule has 0 bridgehead atoms. The molecule has 1 heterocycles. The van der Waals surface area contributed by atoms with E-state index in [9.17, 15) is 4.79 Å². The number of amides is 1. The lowest BCUT2D eigenvalue weighted by molar-refractivity contribution is -0.134. The van der Waals surface area contributed by atoms with E-state index in [0.29, 0.717) is 5.91 Å². The predicted octanol–water partition coefficient (Wildman–Crippen LogP) is 2.32. The normalized spacial score (nSPS) is 32.6. The highest BCUT2D eigenvalue weighted by Crippen LogP contribution is 2.25. The van der Waals surface area contributed by atoms with Crippen LogP contribution in [0.3, 0.4) is 0 Å². The lowest BCUT2D eigenvalue weighted by Crippen LogP contribution is -2.36. The van der Waals surface area contributed by atoms with Gasteiger partial charge in [0.05, 0.1) is 5.92 Å². The monoisotopic (exact) mass is 250 g/mol. The van der Waals surface area contributed by atoms with Crippen molar-refractivity contribution in [2.75, 3.05) is 13.1 Å². The van der Waals surface area contributed by atoms with Crippen molar-refractivity contribution in [3.05, 3.63) is 12.2 Å². The third-order valence-corrected chi connectivity index (χ3v) is 4.29. The van der Waals surface area contributed by atoms with Gasteiger partial charge in [0, 0.05) is 19.1 Å². The molecule has 0 saturated carbocycles. The van der Waals surface area contributed by atoms with Gasteiger partial charge < -0.3 is 10.6 Å². The Morgan fingerprint density at radius 1 is 1.33 bits per heavy atom. The number of hydrogen-bond donors (Lipinski definition) is 1. The van der Waals surface area contributed by atoms with E-state index in [2.05, 4.69) is 11.8 Å². The Bertz CT molecular complexity index is 314. The highest BCUT2D eigenvalue weighted by molar-refractivity contribution is 5.81. The molecule has 3 unspecified atom stereocenters. The number of nitrogens with two attached hydrogens (primary N) is 1. The van der Waals surface area contributed by atoms with Crippen molar-refractivity contribution in [1.29, 1.82) is 0 Å². The van der Waals surface area contributed by atoms with E-state index in [0.717, 1.165) is 25.4 Å². The minimum Gasteiger partial charge on any atom is -0.342 e. The number of likely N-dealkylation sites (tertiary alicyclic amines) is 1. The second-order valence-electron chi connectivity index (χ2n) is 5.80. The molecular formula is C15H26N2O. The quantitative estimate of drug-likeness (QED) is 0.781. The van der Waals surface area contributed by atoms with Gasteiger partial charge in [0.2, 0.25) is 5.91 Å². The van der Waals surface area contributed by atoms with Crippen LogP contribution in [0.4, 0.5) is 0 Å². The first-order chi connectivity index (χ1) is 8.70. The highest BCUT2D eigenvalue weighted by Gasteiger charge is 2.28. The molecule has 0 aromatic carbocycles. The summed E-state index contributed by atoms with van der Waals surface area (Å²) in [6.45, 7) is 4.14. The van der Waals surface area contributed by atoms with Gasteiger partial charge in [-0.15, -0.1) is 0 Å². The Kier molecular flexibility index (Phi) is 4.81. The summed E-state index contributed by atoms with van der Waals surface area (Å²) in [7, 11) is 0. The van der Waals surface area contributed by atoms with Crippen LogP contribution < -0.4 is 5.73 Å². The summed E-state index contributed by atoms with van der Waals surface area (Å²) in [4.78, 5) is 14.5. The Labute approximate surface area is 110 Å². The fraction of sp³-hybridized carbons (Fsp3) is 0.800. The molecule has 0 aromatic rings. The molecule has 3 atom stereocenters. The molecular weight excluding hydrogens is 224 g/mol. The van der Waals surface area contributed by atoms with Crippen molar-refractivity contribution in [2.24, 2.45) is 17.6 Å². The van der Waals surface area contributed by atoms with Crippen LogP contribution in [-0.4, -0.2) is 29.9 Å². The topological polar surface area (TPSA) is 46.3 Å². The maximum absolute atomic E-state index is 12.4. The van der Waals surface area contributed by atoms with Crippen molar-refractivity contribution >= 4 is 5.91 Å². The zero-order valence-electron chi connectivity index (χ0n) is 11.5. The molecule has 1 amide bonds. The number of rotatable bonds is 3. The maximum Gasteiger partial charge on any atom is 0.229 e. The summed E-state index contributed by atoms with van der Waals surface area (Å²) in [5.74, 6) is 1.17. The van der Waals surface area contributed by atoms with Crippen molar-refractivity contribution < 1.29 is 4.79 Å². The Hall–Kier alpha value is -0.830. The zero-order valence-corrected chi connectivity index (χ0v) is 11.5. The zero-order chi connectivity index (χ0) is 13.0. The third kappa shape index (κ3) is 3.35. The number of nitrogens with zero attached hydrogens (tertiary/aromatic N) is 1. The van der Waals surface area contributed by atoms with Crippen LogP contribution in [0.5, 0.6) is 0 Å². The van der Waals surface area contributed by atoms with Gasteiger partial charge in [-0.25, -0.2) is 0 Å². The van der Waals surface area contributed by atoms with Crippen molar-refractivity contribution in [3.8, 4) is 0 Å². The van der Waals surface area contributed by atoms with E-state index in [4.69, 9.17) is 5.73 Å². The van der Waals surface area contributed by atoms with Gasteiger partial charge in [0.1, 0.15) is 0 Å². The number of carbonyl (C=O) groups excluding carboxylic acids is 1. The first kappa shape index (κ1) is 13.6. The summed E-state index contributed by atoms with van der Waals surface area (Å²) in [5.41, 5.74) is 5.83. The second-order valence-corrected chi connectivity index (χ2v) is 5.80. The van der Waals surface area contributed by atoms with Gasteiger partial charge in [-0.3, -0.25) is 4.79 Å². The Morgan fingerprint density at radius 2 is 2.17 bits per heavy atom. The van der Waals surface area contributed by atoms with Crippen LogP contribution in [0.15, 0.2) is 12.2 Å². The van der Waals surface area contributed by atoms with Crippen LogP contribution in [0.1, 0.15) is 45.4 Å². The third-order valence-electron chi connectivity index (χ3n) is 4.29. The fourth-order valence-electron chi connectivity index (χ4n) is 3.23. The summed E-state index contributed by atoms with van der Waals surface area (Å²) in [6, 6.07) is 0.0822. The minimum absolute atomic E-state index is 0.0442. The van der Waals surface area contributed by atoms with Crippen molar-refractivity contribution in [1.82, 2.24) is 4.90 Å². The number of carbonyl (C=O) groups is 1. The maximum atomic E-state index is 12.4. The molecule has 18 heavy (non-hydrogen) atoms. The first-order valence-corrected chi connectivity index (χ1v) is 7.43. The van der Waals surface area contributed by atoms with E-state index in [1.165, 1.54) is 32.1 Å². The predicted molar refractivity (Wildman–Crippen MR) is 74.1 cm³/mol. The van der Waals surface area contributed by atoms with E-state index in [1.807, 2.05) is 12.2 Å². The largest absolute Gasteiger partial charge is 0.342 e. The lowest BCUT2D eigenvalue weighted by atomic mass is 9.96. The molecule has 1 aliphatic carbocycles. The van der Waals surface area contributed by atoms with Crippen molar-refractivity contribution in [3.63, 3.8) is 0 Å². The smallest absolute Gasteiger partial charge is 0.229 e. The molecule has 0 spiro atoms. The SMILES string of the molecule is CCCC1CCCN(C(=O)C2C=CC(N)C2)CC1. The van der Waals surface area contributed by atoms with Gasteiger partial charge in [-0.2, -0.15) is 0 Å². The van der Waals surface area contributed by atoms with Gasteiger partial charge in [0.25, 0.3) is 0 Å². The van der Waals surface area contributed by atoms with Crippen LogP contribution in [0, 0.1) is 11.8 Å². The number of hydrogen-bond acceptors (Lipinski definition) is 2. The average molecular weight is 250 g/mol. The molecule has 0 aromatic heterocycles. The first-order valence-electron chi connectivity index (χ1n) is 7.43. The van der Waals surface area contributed by atoms with Crippen molar-refractivity contribution in [2.45, 2.75) is 51.5 Å². The van der Waals surface area contributed by atoms with E-state index in [1.54, 1.807) is 0 Å². The Morgan fingerprint density at radius 3 is 2.83 bits per heavy atom. The van der Waals surface area contributed by atoms with Gasteiger partial charge in [0.15, 0.2) is 0 Å². The molecule has 2 N–H and O–H groups in total. The fourth-order valence-corrected chi connectivity index (χ4v) is 3.23. The van der Waals surface area contributed by atoms with Gasteiger partial charge >= 0.3 is 0 Å². The van der Waals surface area contributed by atoms with E-state index < -0.39 is 0 Å². The molecule has 3 nitrogen and oxygen atoms in total. The summed E-state index contributed by atoms with van der Waals surface area (Å²) in [6.07, 6.45) is 11.0. The van der Waals surface area contributed by atoms with Crippen LogP contribution in [-0.2, 0) is 4.79 Å². The second kappa shape index (κ2) is 6.37. The molecule has 102 valence electrons. The van der Waals surface area contributed by atoms with Gasteiger partial charge in [-0.05, 0) is 31.6 Å². The lowest BCUT2D eigenvalue weighted by Gasteiger charge is -2.23. The molecule has 1 aliphatic heterocycles. The summed E-state index contributed by atoms with van der Waals surface area (Å²) >= 11 is 0. The molecule has 2 rings (SSSR count). The summed E-state index contributed by atoms with van der Waals surface area (Å²) in [5, 5.41) is 0. The summed E-state index contributed by atoms with van der Waals surface area (Å²) < 4.78 is 0. The standard InChI is InChI=1S/C15H26N2O/c1-2-4-12-5-3-9-17(10-8-12)15(18)13-6-7-14(16)11-13/h6-7,12-14H,2-5,8-11,16H2,1H3. The average Bonchev–Trinajstić information content (AvgIpc) is 2.65. The molecule has 1 fully saturated rings. The highest BCUT2D eigenvalue weighted by atomic mass is 16.2. The molecule has 3 heteroatoms. The molecule has 1 saturated heterocycles. The van der Waals surface area contributed by atoms with E-state index in [-0.39, 0.29) is 12.0 Å². The molecule has 0 radical (unpaired) electrons.